The predicted molar refractivity (Wildman–Crippen MR) is 83.4 cm³/mol. The van der Waals surface area contributed by atoms with Crippen LogP contribution in [-0.2, 0) is 22.6 Å². The molecule has 1 aromatic carbocycles. The summed E-state index contributed by atoms with van der Waals surface area (Å²) in [6, 6.07) is 7.54. The molecule has 1 unspecified atom stereocenters. The van der Waals surface area contributed by atoms with Gasteiger partial charge in [0.1, 0.15) is 0 Å². The number of rotatable bonds is 6. The Morgan fingerprint density at radius 2 is 2.10 bits per heavy atom. The van der Waals surface area contributed by atoms with Crippen molar-refractivity contribution in [2.45, 2.75) is 25.4 Å². The monoisotopic (exact) mass is 308 g/mol. The smallest absolute Gasteiger partial charge is 0.307 e. The second-order valence-electron chi connectivity index (χ2n) is 5.05. The van der Waals surface area contributed by atoms with E-state index in [0.29, 0.717) is 13.0 Å². The lowest BCUT2D eigenvalue weighted by atomic mass is 10.0. The fraction of sp³-hybridized carbons (Fsp3) is 0.467. The minimum atomic E-state index is -0.864. The molecule has 3 N–H and O–H groups in total. The van der Waals surface area contributed by atoms with Gasteiger partial charge in [0, 0.05) is 37.1 Å². The summed E-state index contributed by atoms with van der Waals surface area (Å²) in [7, 11) is 0. The number of hydrogen-bond donors (Lipinski definition) is 3. The van der Waals surface area contributed by atoms with E-state index in [-0.39, 0.29) is 18.4 Å². The molecule has 0 aromatic heterocycles. The van der Waals surface area contributed by atoms with Crippen LogP contribution in [0, 0.1) is 0 Å². The lowest BCUT2D eigenvalue weighted by Gasteiger charge is -2.22. The Bertz CT molecular complexity index is 501. The predicted octanol–water partition coefficient (Wildman–Crippen LogP) is 1.03. The van der Waals surface area contributed by atoms with E-state index in [1.807, 2.05) is 30.0 Å². The largest absolute Gasteiger partial charge is 0.481 e. The first-order chi connectivity index (χ1) is 10.1. The van der Waals surface area contributed by atoms with Crippen LogP contribution in [-0.4, -0.2) is 41.1 Å². The van der Waals surface area contributed by atoms with E-state index < -0.39 is 5.97 Å². The van der Waals surface area contributed by atoms with Crippen molar-refractivity contribution < 1.29 is 14.7 Å². The van der Waals surface area contributed by atoms with Crippen molar-refractivity contribution >= 4 is 23.6 Å². The number of nitrogens with one attached hydrogen (secondary N) is 2. The van der Waals surface area contributed by atoms with E-state index in [9.17, 15) is 9.59 Å². The SMILES string of the molecule is O=C(O)Cc1ccccc1CNC(=O)CC1CSCCN1. The lowest BCUT2D eigenvalue weighted by Crippen LogP contribution is -2.41. The van der Waals surface area contributed by atoms with Crippen molar-refractivity contribution in [3.8, 4) is 0 Å². The van der Waals surface area contributed by atoms with Gasteiger partial charge in [0.05, 0.1) is 6.42 Å². The number of hydrogen-bond acceptors (Lipinski definition) is 4. The van der Waals surface area contributed by atoms with E-state index >= 15 is 0 Å². The third-order valence-electron chi connectivity index (χ3n) is 3.37. The topological polar surface area (TPSA) is 78.4 Å². The molecule has 1 amide bonds. The number of carboxylic acids is 1. The molecule has 114 valence electrons. The molecule has 0 spiro atoms. The molecule has 1 aromatic rings. The molecule has 1 heterocycles. The van der Waals surface area contributed by atoms with Gasteiger partial charge in [-0.1, -0.05) is 24.3 Å². The minimum absolute atomic E-state index is 0.000119. The third-order valence-corrected chi connectivity index (χ3v) is 4.50. The van der Waals surface area contributed by atoms with Crippen LogP contribution in [0.4, 0.5) is 0 Å². The average Bonchev–Trinajstić information content (AvgIpc) is 2.47. The number of carbonyl (C=O) groups excluding carboxylic acids is 1. The highest BCUT2D eigenvalue weighted by atomic mass is 32.2. The summed E-state index contributed by atoms with van der Waals surface area (Å²) in [6.45, 7) is 1.33. The van der Waals surface area contributed by atoms with Crippen LogP contribution in [0.1, 0.15) is 17.5 Å². The standard InChI is InChI=1S/C15H20N2O3S/c18-14(8-13-10-21-6-5-16-13)17-9-12-4-2-1-3-11(12)7-15(19)20/h1-4,13,16H,5-10H2,(H,17,18)(H,19,20). The van der Waals surface area contributed by atoms with E-state index in [4.69, 9.17) is 5.11 Å². The van der Waals surface area contributed by atoms with Gasteiger partial charge in [-0.3, -0.25) is 9.59 Å². The molecule has 21 heavy (non-hydrogen) atoms. The molecule has 1 aliphatic rings. The zero-order valence-electron chi connectivity index (χ0n) is 11.8. The first kappa shape index (κ1) is 15.9. The van der Waals surface area contributed by atoms with Crippen molar-refractivity contribution in [2.75, 3.05) is 18.1 Å². The molecule has 5 nitrogen and oxygen atoms in total. The summed E-state index contributed by atoms with van der Waals surface area (Å²) < 4.78 is 0. The fourth-order valence-corrected chi connectivity index (χ4v) is 3.26. The summed E-state index contributed by atoms with van der Waals surface area (Å²) >= 11 is 1.86. The molecule has 6 heteroatoms. The summed E-state index contributed by atoms with van der Waals surface area (Å²) in [5.74, 6) is 1.20. The molecule has 1 fully saturated rings. The van der Waals surface area contributed by atoms with E-state index in [1.165, 1.54) is 0 Å². The van der Waals surface area contributed by atoms with Gasteiger partial charge in [-0.05, 0) is 11.1 Å². The number of amides is 1. The summed E-state index contributed by atoms with van der Waals surface area (Å²) in [4.78, 5) is 22.8. The highest BCUT2D eigenvalue weighted by molar-refractivity contribution is 7.99. The maximum absolute atomic E-state index is 11.9. The van der Waals surface area contributed by atoms with Gasteiger partial charge >= 0.3 is 5.97 Å². The van der Waals surface area contributed by atoms with Crippen molar-refractivity contribution in [1.29, 1.82) is 0 Å². The van der Waals surface area contributed by atoms with Crippen LogP contribution in [0.5, 0.6) is 0 Å². The van der Waals surface area contributed by atoms with E-state index in [2.05, 4.69) is 10.6 Å². The minimum Gasteiger partial charge on any atom is -0.481 e. The Balaban J connectivity index is 1.84. The Labute approximate surface area is 128 Å². The number of benzene rings is 1. The van der Waals surface area contributed by atoms with Crippen LogP contribution < -0.4 is 10.6 Å². The van der Waals surface area contributed by atoms with Crippen LogP contribution in [0.2, 0.25) is 0 Å². The molecular weight excluding hydrogens is 288 g/mol. The zero-order chi connectivity index (χ0) is 15.1. The Kier molecular flexibility index (Phi) is 6.07. The van der Waals surface area contributed by atoms with E-state index in [1.54, 1.807) is 6.07 Å². The molecule has 1 saturated heterocycles. The number of carboxylic acid groups (broad SMARTS) is 1. The van der Waals surface area contributed by atoms with Gasteiger partial charge in [-0.25, -0.2) is 0 Å². The van der Waals surface area contributed by atoms with E-state index in [0.717, 1.165) is 29.2 Å². The molecule has 0 radical (unpaired) electrons. The first-order valence-corrected chi connectivity index (χ1v) is 8.17. The van der Waals surface area contributed by atoms with Crippen molar-refractivity contribution in [3.05, 3.63) is 35.4 Å². The van der Waals surface area contributed by atoms with Crippen LogP contribution in [0.15, 0.2) is 24.3 Å². The maximum Gasteiger partial charge on any atom is 0.307 e. The molecule has 1 atom stereocenters. The first-order valence-electron chi connectivity index (χ1n) is 7.01. The Morgan fingerprint density at radius 1 is 1.33 bits per heavy atom. The summed E-state index contributed by atoms with van der Waals surface area (Å²) in [6.07, 6.45) is 0.445. The summed E-state index contributed by atoms with van der Waals surface area (Å²) in [5, 5.41) is 15.1. The van der Waals surface area contributed by atoms with Crippen LogP contribution >= 0.6 is 11.8 Å². The quantitative estimate of drug-likeness (QED) is 0.731. The van der Waals surface area contributed by atoms with Gasteiger partial charge < -0.3 is 15.7 Å². The van der Waals surface area contributed by atoms with Gasteiger partial charge in [-0.2, -0.15) is 11.8 Å². The van der Waals surface area contributed by atoms with Crippen LogP contribution in [0.3, 0.4) is 0 Å². The lowest BCUT2D eigenvalue weighted by molar-refractivity contribution is -0.136. The van der Waals surface area contributed by atoms with Gasteiger partial charge in [-0.15, -0.1) is 0 Å². The maximum atomic E-state index is 11.9. The number of aliphatic carboxylic acids is 1. The molecule has 1 aliphatic heterocycles. The zero-order valence-corrected chi connectivity index (χ0v) is 12.6. The molecule has 0 bridgehead atoms. The number of thioether (sulfide) groups is 1. The number of carbonyl (C=O) groups is 2. The molecule has 0 aliphatic carbocycles. The highest BCUT2D eigenvalue weighted by Crippen LogP contribution is 2.11. The molecule has 0 saturated carbocycles. The highest BCUT2D eigenvalue weighted by Gasteiger charge is 2.16. The van der Waals surface area contributed by atoms with Gasteiger partial charge in [0.2, 0.25) is 5.91 Å². The third kappa shape index (κ3) is 5.40. The van der Waals surface area contributed by atoms with Gasteiger partial charge in [0.15, 0.2) is 0 Å². The van der Waals surface area contributed by atoms with Crippen molar-refractivity contribution in [3.63, 3.8) is 0 Å². The van der Waals surface area contributed by atoms with Crippen molar-refractivity contribution in [1.82, 2.24) is 10.6 Å². The molecular formula is C15H20N2O3S. The second kappa shape index (κ2) is 8.05. The average molecular weight is 308 g/mol. The second-order valence-corrected chi connectivity index (χ2v) is 6.20. The molecule has 2 rings (SSSR count). The fourth-order valence-electron chi connectivity index (χ4n) is 2.31. The Morgan fingerprint density at radius 3 is 2.76 bits per heavy atom. The van der Waals surface area contributed by atoms with Gasteiger partial charge in [0.25, 0.3) is 0 Å². The van der Waals surface area contributed by atoms with Crippen LogP contribution in [0.25, 0.3) is 0 Å². The summed E-state index contributed by atoms with van der Waals surface area (Å²) in [5.41, 5.74) is 1.61. The normalized spacial score (nSPS) is 18.2. The van der Waals surface area contributed by atoms with Crippen molar-refractivity contribution in [2.24, 2.45) is 0 Å². The Hall–Kier alpha value is -1.53.